The minimum absolute atomic E-state index is 0. The molecule has 0 spiro atoms. The molecular weight excluding hydrogens is 216 g/mol. The highest BCUT2D eigenvalue weighted by Crippen LogP contribution is 2.05. The first-order valence-corrected chi connectivity index (χ1v) is 4.11. The van der Waals surface area contributed by atoms with Gasteiger partial charge in [-0.05, 0) is 24.1 Å². The largest absolute Gasteiger partial charge is 0.480 e. The molecule has 0 bridgehead atoms. The fourth-order valence-electron chi connectivity index (χ4n) is 1.06. The Bertz CT molecular complexity index is 370. The number of hydrogen-bond acceptors (Lipinski definition) is 3. The highest BCUT2D eigenvalue weighted by atomic mass is 35.5. The van der Waals surface area contributed by atoms with Crippen molar-refractivity contribution < 1.29 is 9.90 Å². The van der Waals surface area contributed by atoms with Gasteiger partial charge in [-0.25, -0.2) is 0 Å². The summed E-state index contributed by atoms with van der Waals surface area (Å²) in [6, 6.07) is 7.80. The molecule has 0 saturated carbocycles. The Kier molecular flexibility index (Phi) is 5.39. The monoisotopic (exact) mass is 226 g/mol. The molecule has 80 valence electrons. The molecule has 4 nitrogen and oxygen atoms in total. The molecule has 0 radical (unpaired) electrons. The first kappa shape index (κ1) is 13.4. The van der Waals surface area contributed by atoms with Crippen molar-refractivity contribution in [2.24, 2.45) is 5.73 Å². The third-order valence-corrected chi connectivity index (χ3v) is 1.86. The van der Waals surface area contributed by atoms with Crippen LogP contribution in [0.15, 0.2) is 24.3 Å². The molecule has 0 amide bonds. The minimum atomic E-state index is -1.02. The van der Waals surface area contributed by atoms with Gasteiger partial charge in [0.25, 0.3) is 0 Å². The van der Waals surface area contributed by atoms with Crippen molar-refractivity contribution in [3.05, 3.63) is 35.4 Å². The normalized spacial score (nSPS) is 10.9. The summed E-state index contributed by atoms with van der Waals surface area (Å²) in [6.45, 7) is 0. The van der Waals surface area contributed by atoms with Crippen LogP contribution < -0.4 is 5.73 Å². The number of nitrogens with zero attached hydrogens (tertiary/aromatic N) is 1. The van der Waals surface area contributed by atoms with Crippen molar-refractivity contribution in [1.82, 2.24) is 0 Å². The summed E-state index contributed by atoms with van der Waals surface area (Å²) < 4.78 is 0. The molecule has 0 fully saturated rings. The van der Waals surface area contributed by atoms with Gasteiger partial charge in [-0.2, -0.15) is 5.26 Å². The zero-order valence-corrected chi connectivity index (χ0v) is 8.70. The molecular formula is C10H11ClN2O2. The SMILES string of the molecule is Cl.N#Cc1ccc(CC(N)C(=O)O)cc1. The Morgan fingerprint density at radius 2 is 2.00 bits per heavy atom. The predicted octanol–water partition coefficient (Wildman–Crippen LogP) is 0.934. The van der Waals surface area contributed by atoms with Gasteiger partial charge in [0, 0.05) is 0 Å². The molecule has 0 heterocycles. The molecule has 1 unspecified atom stereocenters. The predicted molar refractivity (Wildman–Crippen MR) is 57.7 cm³/mol. The van der Waals surface area contributed by atoms with E-state index >= 15 is 0 Å². The summed E-state index contributed by atoms with van der Waals surface area (Å²) in [5, 5.41) is 17.1. The van der Waals surface area contributed by atoms with Crippen LogP contribution in [0.4, 0.5) is 0 Å². The molecule has 1 rings (SSSR count). The zero-order valence-electron chi connectivity index (χ0n) is 7.88. The van der Waals surface area contributed by atoms with Crippen LogP contribution in [0, 0.1) is 11.3 Å². The van der Waals surface area contributed by atoms with Gasteiger partial charge >= 0.3 is 5.97 Å². The number of nitriles is 1. The Hall–Kier alpha value is -1.57. The lowest BCUT2D eigenvalue weighted by atomic mass is 10.1. The van der Waals surface area contributed by atoms with Gasteiger partial charge in [0.05, 0.1) is 11.6 Å². The van der Waals surface area contributed by atoms with Crippen LogP contribution in [0.5, 0.6) is 0 Å². The molecule has 1 atom stereocenters. The quantitative estimate of drug-likeness (QED) is 0.803. The molecule has 1 aromatic rings. The summed E-state index contributed by atoms with van der Waals surface area (Å²) in [4.78, 5) is 10.4. The number of hydrogen-bond donors (Lipinski definition) is 2. The molecule has 3 N–H and O–H groups in total. The average Bonchev–Trinajstić information content (AvgIpc) is 2.19. The van der Waals surface area contributed by atoms with Gasteiger partial charge in [-0.15, -0.1) is 12.4 Å². The van der Waals surface area contributed by atoms with Crippen molar-refractivity contribution >= 4 is 18.4 Å². The van der Waals surface area contributed by atoms with Crippen LogP contribution in [0.25, 0.3) is 0 Å². The lowest BCUT2D eigenvalue weighted by Crippen LogP contribution is -2.32. The lowest BCUT2D eigenvalue weighted by molar-refractivity contribution is -0.138. The van der Waals surface area contributed by atoms with Crippen LogP contribution in [0.1, 0.15) is 11.1 Å². The first-order chi connectivity index (χ1) is 6.63. The number of rotatable bonds is 3. The maximum atomic E-state index is 10.4. The van der Waals surface area contributed by atoms with Crippen LogP contribution in [0.2, 0.25) is 0 Å². The molecule has 0 saturated heterocycles. The molecule has 0 aromatic heterocycles. The molecule has 0 aliphatic rings. The van der Waals surface area contributed by atoms with E-state index in [1.807, 2.05) is 6.07 Å². The van der Waals surface area contributed by atoms with Crippen molar-refractivity contribution in [2.45, 2.75) is 12.5 Å². The van der Waals surface area contributed by atoms with E-state index in [2.05, 4.69) is 0 Å². The van der Waals surface area contributed by atoms with Gasteiger partial charge in [-0.3, -0.25) is 4.79 Å². The number of carbonyl (C=O) groups is 1. The van der Waals surface area contributed by atoms with E-state index in [0.717, 1.165) is 5.56 Å². The number of carboxylic acid groups (broad SMARTS) is 1. The zero-order chi connectivity index (χ0) is 10.6. The first-order valence-electron chi connectivity index (χ1n) is 4.11. The van der Waals surface area contributed by atoms with Crippen LogP contribution in [-0.2, 0) is 11.2 Å². The second kappa shape index (κ2) is 6.02. The van der Waals surface area contributed by atoms with Crippen LogP contribution in [-0.4, -0.2) is 17.1 Å². The summed E-state index contributed by atoms with van der Waals surface area (Å²) in [5.41, 5.74) is 6.73. The van der Waals surface area contributed by atoms with E-state index in [0.29, 0.717) is 5.56 Å². The number of aliphatic carboxylic acids is 1. The van der Waals surface area contributed by atoms with Gasteiger partial charge in [0.15, 0.2) is 0 Å². The van der Waals surface area contributed by atoms with E-state index in [1.54, 1.807) is 24.3 Å². The van der Waals surface area contributed by atoms with Crippen molar-refractivity contribution in [1.29, 1.82) is 5.26 Å². The van der Waals surface area contributed by atoms with Crippen LogP contribution in [0.3, 0.4) is 0 Å². The molecule has 1 aromatic carbocycles. The average molecular weight is 227 g/mol. The molecule has 0 aliphatic carbocycles. The van der Waals surface area contributed by atoms with E-state index < -0.39 is 12.0 Å². The van der Waals surface area contributed by atoms with Gasteiger partial charge in [0.2, 0.25) is 0 Å². The van der Waals surface area contributed by atoms with E-state index in [-0.39, 0.29) is 18.8 Å². The second-order valence-corrected chi connectivity index (χ2v) is 2.96. The summed E-state index contributed by atoms with van der Waals surface area (Å²) >= 11 is 0. The summed E-state index contributed by atoms with van der Waals surface area (Å²) in [7, 11) is 0. The number of halogens is 1. The summed E-state index contributed by atoms with van der Waals surface area (Å²) in [6.07, 6.45) is 0.279. The van der Waals surface area contributed by atoms with Crippen LogP contribution >= 0.6 is 12.4 Å². The summed E-state index contributed by atoms with van der Waals surface area (Å²) in [5.74, 6) is -1.02. The number of carboxylic acids is 1. The Morgan fingerprint density at radius 1 is 1.47 bits per heavy atom. The van der Waals surface area contributed by atoms with Crippen molar-refractivity contribution in [3.63, 3.8) is 0 Å². The second-order valence-electron chi connectivity index (χ2n) is 2.96. The topological polar surface area (TPSA) is 87.1 Å². The lowest BCUT2D eigenvalue weighted by Gasteiger charge is -2.05. The smallest absolute Gasteiger partial charge is 0.320 e. The van der Waals surface area contributed by atoms with E-state index in [4.69, 9.17) is 16.1 Å². The van der Waals surface area contributed by atoms with Crippen molar-refractivity contribution in [2.75, 3.05) is 0 Å². The molecule has 0 aliphatic heterocycles. The third kappa shape index (κ3) is 3.98. The van der Waals surface area contributed by atoms with Gasteiger partial charge < -0.3 is 10.8 Å². The highest BCUT2D eigenvalue weighted by Gasteiger charge is 2.11. The number of benzene rings is 1. The Morgan fingerprint density at radius 3 is 2.40 bits per heavy atom. The Labute approximate surface area is 93.7 Å². The highest BCUT2D eigenvalue weighted by molar-refractivity contribution is 5.85. The van der Waals surface area contributed by atoms with Gasteiger partial charge in [0.1, 0.15) is 6.04 Å². The number of nitrogens with two attached hydrogens (primary N) is 1. The Balaban J connectivity index is 0.00000196. The standard InChI is InChI=1S/C10H10N2O2.ClH/c11-6-8-3-1-7(2-4-8)5-9(12)10(13)14;/h1-4,9H,5,12H2,(H,13,14);1H. The minimum Gasteiger partial charge on any atom is -0.480 e. The maximum Gasteiger partial charge on any atom is 0.320 e. The van der Waals surface area contributed by atoms with Crippen molar-refractivity contribution in [3.8, 4) is 6.07 Å². The van der Waals surface area contributed by atoms with E-state index in [9.17, 15) is 4.79 Å². The maximum absolute atomic E-state index is 10.4. The fourth-order valence-corrected chi connectivity index (χ4v) is 1.06. The van der Waals surface area contributed by atoms with E-state index in [1.165, 1.54) is 0 Å². The van der Waals surface area contributed by atoms with Gasteiger partial charge in [-0.1, -0.05) is 12.1 Å². The molecule has 15 heavy (non-hydrogen) atoms. The fraction of sp³-hybridized carbons (Fsp3) is 0.200. The third-order valence-electron chi connectivity index (χ3n) is 1.86. The molecule has 5 heteroatoms.